The third-order valence-corrected chi connectivity index (χ3v) is 15.9. The molecule has 478 valence electrons. The zero-order valence-corrected chi connectivity index (χ0v) is 55.5. The van der Waals surface area contributed by atoms with Crippen LogP contribution in [0.1, 0.15) is 290 Å². The number of allylic oxidation sites excluding steroid dienone is 19. The lowest BCUT2D eigenvalue weighted by Gasteiger charge is -2.25. The molecule has 0 aliphatic rings. The van der Waals surface area contributed by atoms with Crippen molar-refractivity contribution in [2.75, 3.05) is 40.9 Å². The van der Waals surface area contributed by atoms with Gasteiger partial charge in [-0.25, -0.2) is 4.57 Å². The summed E-state index contributed by atoms with van der Waals surface area (Å²) in [5, 5.41) is 14.0. The van der Waals surface area contributed by atoms with Crippen LogP contribution < -0.4 is 5.32 Å². The van der Waals surface area contributed by atoms with E-state index in [4.69, 9.17) is 9.05 Å². The topological polar surface area (TPSA) is 105 Å². The van der Waals surface area contributed by atoms with E-state index < -0.39 is 20.0 Å². The minimum absolute atomic E-state index is 0.0486. The van der Waals surface area contributed by atoms with E-state index in [2.05, 4.69) is 129 Å². The predicted molar refractivity (Wildman–Crippen MR) is 364 cm³/mol. The first-order chi connectivity index (χ1) is 40.5. The number of hydrogen-bond acceptors (Lipinski definition) is 5. The van der Waals surface area contributed by atoms with Crippen LogP contribution in [0.25, 0.3) is 0 Å². The Bertz CT molecular complexity index is 1770. The minimum atomic E-state index is -4.37. The molecule has 9 heteroatoms. The van der Waals surface area contributed by atoms with E-state index in [-0.39, 0.29) is 19.1 Å². The van der Waals surface area contributed by atoms with Crippen LogP contribution in [0.4, 0.5) is 0 Å². The molecule has 8 nitrogen and oxygen atoms in total. The number of phosphoric ester groups is 1. The maximum atomic E-state index is 13.0. The second-order valence-electron chi connectivity index (χ2n) is 24.2. The van der Waals surface area contributed by atoms with Gasteiger partial charge in [-0.2, -0.15) is 0 Å². The number of phosphoric acid groups is 1. The standard InChI is InChI=1S/C74H131N2O6P/c1-6-8-10-12-14-16-18-20-22-24-26-28-30-32-34-36-37-38-39-40-42-44-46-48-50-52-54-56-58-60-62-64-66-68-74(78)75-72(71-82-83(79,80)81-70-69-76(3,4)5)73(77)67-65-63-61-59-57-55-53-51-49-47-45-43-41-35-33-31-29-27-25-23-21-19-17-15-13-11-9-7-2/h8,10,14,16,20,22,26,28,32,34,37-38,40,42,46,48,57,59,65,67,72-73,77H,6-7,9,11-13,15,17-19,21,23-25,27,29-31,33,35-36,39,41,43-45,47,49-56,58,60-64,66,68-71H2,1-5H3,(H-,75,78,79,80)/p+1/b10-8-,16-14-,22-20-,28-26-,34-32-,38-37-,42-40-,48-46-,59-57+,67-65+. The van der Waals surface area contributed by atoms with Crippen molar-refractivity contribution in [3.05, 3.63) is 122 Å². The van der Waals surface area contributed by atoms with Gasteiger partial charge in [0.15, 0.2) is 0 Å². The van der Waals surface area contributed by atoms with Gasteiger partial charge in [0.1, 0.15) is 13.2 Å². The van der Waals surface area contributed by atoms with Crippen LogP contribution in [-0.2, 0) is 18.4 Å². The van der Waals surface area contributed by atoms with E-state index >= 15 is 0 Å². The Morgan fingerprint density at radius 1 is 0.422 bits per heavy atom. The van der Waals surface area contributed by atoms with Gasteiger partial charge in [-0.05, 0) is 96.3 Å². The number of aliphatic hydroxyl groups excluding tert-OH is 1. The maximum absolute atomic E-state index is 13.0. The molecule has 0 aliphatic carbocycles. The predicted octanol–water partition coefficient (Wildman–Crippen LogP) is 22.0. The Hall–Kier alpha value is -3.10. The van der Waals surface area contributed by atoms with Gasteiger partial charge < -0.3 is 19.8 Å². The van der Waals surface area contributed by atoms with Crippen LogP contribution in [0.2, 0.25) is 0 Å². The lowest BCUT2D eigenvalue weighted by Crippen LogP contribution is -2.45. The third kappa shape index (κ3) is 66.3. The number of likely N-dealkylation sites (N-methyl/N-ethyl adjacent to an activating group) is 1. The fourth-order valence-electron chi connectivity index (χ4n) is 9.61. The lowest BCUT2D eigenvalue weighted by atomic mass is 10.0. The molecular formula is C74H132N2O6P+. The van der Waals surface area contributed by atoms with Crippen molar-refractivity contribution in [1.29, 1.82) is 0 Å². The fraction of sp³-hybridized carbons (Fsp3) is 0.716. The molecule has 0 bridgehead atoms. The first-order valence-electron chi connectivity index (χ1n) is 34.4. The van der Waals surface area contributed by atoms with Gasteiger partial charge >= 0.3 is 7.82 Å². The smallest absolute Gasteiger partial charge is 0.387 e. The molecule has 0 heterocycles. The van der Waals surface area contributed by atoms with E-state index in [1.54, 1.807) is 6.08 Å². The number of quaternary nitrogens is 1. The number of hydrogen-bond donors (Lipinski definition) is 3. The van der Waals surface area contributed by atoms with Crippen molar-refractivity contribution < 1.29 is 32.9 Å². The van der Waals surface area contributed by atoms with Gasteiger partial charge in [-0.3, -0.25) is 13.8 Å². The van der Waals surface area contributed by atoms with Crippen LogP contribution >= 0.6 is 7.82 Å². The molecule has 83 heavy (non-hydrogen) atoms. The number of nitrogens with zero attached hydrogens (tertiary/aromatic N) is 1. The van der Waals surface area contributed by atoms with Crippen molar-refractivity contribution in [3.8, 4) is 0 Å². The zero-order valence-electron chi connectivity index (χ0n) is 54.7. The first-order valence-corrected chi connectivity index (χ1v) is 35.9. The number of carbonyl (C=O) groups is 1. The van der Waals surface area contributed by atoms with Gasteiger partial charge in [0, 0.05) is 6.42 Å². The number of amides is 1. The Balaban J connectivity index is 4.20. The van der Waals surface area contributed by atoms with Crippen LogP contribution in [0.15, 0.2) is 122 Å². The van der Waals surface area contributed by atoms with E-state index in [1.807, 2.05) is 27.2 Å². The quantitative estimate of drug-likeness (QED) is 0.0243. The molecular weight excluding hydrogens is 1040 g/mol. The summed E-state index contributed by atoms with van der Waals surface area (Å²) in [7, 11) is 1.54. The summed E-state index contributed by atoms with van der Waals surface area (Å²) in [5.41, 5.74) is 0. The van der Waals surface area contributed by atoms with Gasteiger partial charge in [0.05, 0.1) is 39.9 Å². The second kappa shape index (κ2) is 63.4. The number of carbonyl (C=O) groups excluding carboxylic acids is 1. The summed E-state index contributed by atoms with van der Waals surface area (Å²) in [6.45, 7) is 4.69. The van der Waals surface area contributed by atoms with Crippen LogP contribution in [0.3, 0.4) is 0 Å². The molecule has 0 aliphatic heterocycles. The van der Waals surface area contributed by atoms with Gasteiger partial charge in [0.2, 0.25) is 5.91 Å². The van der Waals surface area contributed by atoms with Crippen molar-refractivity contribution in [2.24, 2.45) is 0 Å². The summed E-state index contributed by atoms with van der Waals surface area (Å²) in [5.74, 6) is -0.198. The van der Waals surface area contributed by atoms with Crippen molar-refractivity contribution in [1.82, 2.24) is 5.32 Å². The molecule has 0 aromatic rings. The van der Waals surface area contributed by atoms with Crippen molar-refractivity contribution in [2.45, 2.75) is 302 Å². The molecule has 0 spiro atoms. The summed E-state index contributed by atoms with van der Waals surface area (Å²) in [6.07, 6.45) is 94.8. The summed E-state index contributed by atoms with van der Waals surface area (Å²) >= 11 is 0. The lowest BCUT2D eigenvalue weighted by molar-refractivity contribution is -0.870. The third-order valence-electron chi connectivity index (χ3n) is 14.9. The Morgan fingerprint density at radius 2 is 0.735 bits per heavy atom. The van der Waals surface area contributed by atoms with Gasteiger partial charge in [-0.1, -0.05) is 309 Å². The molecule has 0 aromatic heterocycles. The van der Waals surface area contributed by atoms with Crippen molar-refractivity contribution in [3.63, 3.8) is 0 Å². The molecule has 0 radical (unpaired) electrons. The summed E-state index contributed by atoms with van der Waals surface area (Å²) < 4.78 is 23.8. The highest BCUT2D eigenvalue weighted by Gasteiger charge is 2.28. The summed E-state index contributed by atoms with van der Waals surface area (Å²) in [6, 6.07) is -0.879. The minimum Gasteiger partial charge on any atom is -0.387 e. The van der Waals surface area contributed by atoms with Crippen molar-refractivity contribution >= 4 is 13.7 Å². The SMILES string of the molecule is CC/C=C\C/C=C\C/C=C\C/C=C\C/C=C\C/C=C\C/C=C\C/C=C\CCCCCCCCCCC(=O)NC(COP(=O)(O)OCC[N+](C)(C)C)C(O)/C=C/CC/C=C/CCCCCCCCCCCCCCCCCCCCCCCC. The van der Waals surface area contributed by atoms with Crippen LogP contribution in [-0.4, -0.2) is 73.4 Å². The van der Waals surface area contributed by atoms with E-state index in [1.165, 1.54) is 167 Å². The molecule has 0 saturated heterocycles. The second-order valence-corrected chi connectivity index (χ2v) is 25.6. The molecule has 0 fully saturated rings. The Kier molecular flexibility index (Phi) is 61.0. The number of aliphatic hydroxyl groups is 1. The van der Waals surface area contributed by atoms with Crippen LogP contribution in [0.5, 0.6) is 0 Å². The first kappa shape index (κ1) is 79.9. The number of unbranched alkanes of at least 4 members (excludes halogenated alkanes) is 31. The van der Waals surface area contributed by atoms with E-state index in [0.29, 0.717) is 17.4 Å². The van der Waals surface area contributed by atoms with E-state index in [0.717, 1.165) is 103 Å². The highest BCUT2D eigenvalue weighted by atomic mass is 31.2. The summed E-state index contributed by atoms with van der Waals surface area (Å²) in [4.78, 5) is 23.4. The monoisotopic (exact) mass is 1180 g/mol. The largest absolute Gasteiger partial charge is 0.472 e. The highest BCUT2D eigenvalue weighted by molar-refractivity contribution is 7.47. The van der Waals surface area contributed by atoms with Crippen LogP contribution in [0, 0.1) is 0 Å². The normalized spacial score (nSPS) is 14.4. The average molecular weight is 1180 g/mol. The molecule has 0 rings (SSSR count). The van der Waals surface area contributed by atoms with Gasteiger partial charge in [-0.15, -0.1) is 0 Å². The average Bonchev–Trinajstić information content (AvgIpc) is 3.49. The van der Waals surface area contributed by atoms with Gasteiger partial charge in [0.25, 0.3) is 0 Å². The highest BCUT2D eigenvalue weighted by Crippen LogP contribution is 2.43. The Labute approximate surface area is 514 Å². The molecule has 0 saturated carbocycles. The zero-order chi connectivity index (χ0) is 60.5. The maximum Gasteiger partial charge on any atom is 0.472 e. The Morgan fingerprint density at radius 3 is 1.11 bits per heavy atom. The molecule has 0 aromatic carbocycles. The fourth-order valence-corrected chi connectivity index (χ4v) is 10.3. The molecule has 1 amide bonds. The number of nitrogens with one attached hydrogen (secondary N) is 1. The number of rotatable bonds is 62. The van der Waals surface area contributed by atoms with E-state index in [9.17, 15) is 19.4 Å². The molecule has 3 N–H and O–H groups in total. The molecule has 3 atom stereocenters. The molecule has 3 unspecified atom stereocenters.